The number of ketones is 1. The Bertz CT molecular complexity index is 1250. The molecule has 0 saturated carbocycles. The number of rotatable bonds is 9. The van der Waals surface area contributed by atoms with Gasteiger partial charge in [-0.25, -0.2) is 4.98 Å². The number of hydrogen-bond donors (Lipinski definition) is 0. The van der Waals surface area contributed by atoms with Crippen LogP contribution in [0.2, 0.25) is 0 Å². The van der Waals surface area contributed by atoms with Crippen molar-refractivity contribution in [2.75, 3.05) is 0 Å². The van der Waals surface area contributed by atoms with E-state index in [0.717, 1.165) is 41.5 Å². The predicted molar refractivity (Wildman–Crippen MR) is 135 cm³/mol. The maximum absolute atomic E-state index is 12.8. The largest absolute Gasteiger partial charge is 0.319 e. The van der Waals surface area contributed by atoms with Crippen molar-refractivity contribution in [3.63, 3.8) is 0 Å². The molecule has 0 radical (unpaired) electrons. The van der Waals surface area contributed by atoms with E-state index in [9.17, 15) is 10.1 Å². The van der Waals surface area contributed by atoms with Crippen LogP contribution in [0.15, 0.2) is 91.5 Å². The van der Waals surface area contributed by atoms with E-state index >= 15 is 0 Å². The molecule has 0 N–H and O–H groups in total. The predicted octanol–water partition coefficient (Wildman–Crippen LogP) is 6.53. The van der Waals surface area contributed by atoms with Gasteiger partial charge in [0.15, 0.2) is 5.78 Å². The number of carbonyl (C=O) groups excluding carboxylic acids is 1. The summed E-state index contributed by atoms with van der Waals surface area (Å²) in [5.74, 6) is -0.00602. The van der Waals surface area contributed by atoms with E-state index in [1.54, 1.807) is 6.20 Å². The Labute approximate surface area is 201 Å². The molecular weight excluding hydrogens is 418 g/mol. The van der Waals surface area contributed by atoms with Crippen LogP contribution in [-0.2, 0) is 12.0 Å². The summed E-state index contributed by atoms with van der Waals surface area (Å²) < 4.78 is 2.12. The first-order valence-electron chi connectivity index (χ1n) is 11.9. The van der Waals surface area contributed by atoms with Crippen LogP contribution in [0.25, 0.3) is 0 Å². The summed E-state index contributed by atoms with van der Waals surface area (Å²) in [4.78, 5) is 17.2. The van der Waals surface area contributed by atoms with E-state index < -0.39 is 5.54 Å². The highest BCUT2D eigenvalue weighted by atomic mass is 16.1. The van der Waals surface area contributed by atoms with E-state index in [2.05, 4.69) is 46.8 Å². The number of nitriles is 1. The molecule has 0 spiro atoms. The first-order chi connectivity index (χ1) is 16.7. The van der Waals surface area contributed by atoms with Crippen LogP contribution in [0, 0.1) is 11.3 Å². The van der Waals surface area contributed by atoms with E-state index in [-0.39, 0.29) is 5.78 Å². The molecule has 1 aromatic heterocycles. The van der Waals surface area contributed by atoms with Crippen LogP contribution in [0.5, 0.6) is 0 Å². The lowest BCUT2D eigenvalue weighted by Gasteiger charge is -2.39. The minimum Gasteiger partial charge on any atom is -0.319 e. The number of aromatic nitrogens is 2. The average Bonchev–Trinajstić information content (AvgIpc) is 3.44. The van der Waals surface area contributed by atoms with Gasteiger partial charge in [0.1, 0.15) is 5.54 Å². The van der Waals surface area contributed by atoms with Gasteiger partial charge < -0.3 is 4.57 Å². The Kier molecular flexibility index (Phi) is 7.04. The number of Topliss-reactive ketones (excluding diaryl/α,β-unsaturated/α-hetero) is 1. The van der Waals surface area contributed by atoms with Gasteiger partial charge in [-0.15, -0.1) is 0 Å². The molecule has 0 unspecified atom stereocenters. The first-order valence-corrected chi connectivity index (χ1v) is 11.9. The highest BCUT2D eigenvalue weighted by molar-refractivity contribution is 5.98. The van der Waals surface area contributed by atoms with Crippen molar-refractivity contribution in [3.05, 3.63) is 125 Å². The standard InChI is InChI=1S/C30H29N3O/c1-3-5-12-23-19-27(29(34)4-2)24(21-31)20-28(23)30(33-18-17-32-22-33,25-13-8-6-9-14-25)26-15-10-7-11-16-26/h6-11,13-20,22H,3-5,12H2,1-2H3. The molecule has 34 heavy (non-hydrogen) atoms. The van der Waals surface area contributed by atoms with E-state index in [1.807, 2.05) is 68.0 Å². The van der Waals surface area contributed by atoms with Crippen LogP contribution in [-0.4, -0.2) is 15.3 Å². The molecule has 4 aromatic rings. The second kappa shape index (κ2) is 10.3. The summed E-state index contributed by atoms with van der Waals surface area (Å²) >= 11 is 0. The highest BCUT2D eigenvalue weighted by Gasteiger charge is 2.40. The molecule has 3 aromatic carbocycles. The summed E-state index contributed by atoms with van der Waals surface area (Å²) in [6.45, 7) is 4.01. The highest BCUT2D eigenvalue weighted by Crippen LogP contribution is 2.43. The van der Waals surface area contributed by atoms with Crippen LogP contribution < -0.4 is 0 Å². The minimum absolute atomic E-state index is 0.00602. The van der Waals surface area contributed by atoms with Crippen molar-refractivity contribution in [1.29, 1.82) is 5.26 Å². The second-order valence-corrected chi connectivity index (χ2v) is 8.46. The molecule has 4 rings (SSSR count). The van der Waals surface area contributed by atoms with Gasteiger partial charge in [-0.1, -0.05) is 80.9 Å². The summed E-state index contributed by atoms with van der Waals surface area (Å²) in [5, 5.41) is 10.1. The number of imidazole rings is 1. The van der Waals surface area contributed by atoms with Crippen LogP contribution >= 0.6 is 0 Å². The van der Waals surface area contributed by atoms with Crippen molar-refractivity contribution in [2.24, 2.45) is 0 Å². The maximum Gasteiger partial charge on any atom is 0.163 e. The Morgan fingerprint density at radius 2 is 1.65 bits per heavy atom. The van der Waals surface area contributed by atoms with Gasteiger partial charge in [0.25, 0.3) is 0 Å². The molecule has 0 bridgehead atoms. The molecule has 4 nitrogen and oxygen atoms in total. The van der Waals surface area contributed by atoms with Gasteiger partial charge in [0.2, 0.25) is 0 Å². The zero-order chi connectivity index (χ0) is 24.0. The fourth-order valence-electron chi connectivity index (χ4n) is 4.80. The molecule has 0 atom stereocenters. The summed E-state index contributed by atoms with van der Waals surface area (Å²) in [6.07, 6.45) is 8.80. The van der Waals surface area contributed by atoms with Gasteiger partial charge in [-0.3, -0.25) is 4.79 Å². The number of benzene rings is 3. The molecule has 0 aliphatic carbocycles. The molecule has 0 aliphatic heterocycles. The Hall–Kier alpha value is -3.97. The summed E-state index contributed by atoms with van der Waals surface area (Å²) in [5.41, 5.74) is 4.39. The van der Waals surface area contributed by atoms with Gasteiger partial charge in [0.05, 0.1) is 18.0 Å². The third-order valence-corrected chi connectivity index (χ3v) is 6.45. The normalized spacial score (nSPS) is 11.2. The van der Waals surface area contributed by atoms with E-state index in [0.29, 0.717) is 17.5 Å². The SMILES string of the molecule is CCCCc1cc(C(=O)CC)c(C#N)cc1C(c1ccccc1)(c1ccccc1)n1ccnc1. The summed E-state index contributed by atoms with van der Waals surface area (Å²) in [6, 6.07) is 26.9. The Morgan fingerprint density at radius 3 is 2.15 bits per heavy atom. The molecule has 0 fully saturated rings. The maximum atomic E-state index is 12.8. The van der Waals surface area contributed by atoms with Crippen LogP contribution in [0.1, 0.15) is 71.3 Å². The third-order valence-electron chi connectivity index (χ3n) is 6.45. The Balaban J connectivity index is 2.16. The molecule has 0 saturated heterocycles. The Morgan fingerprint density at radius 1 is 1.00 bits per heavy atom. The third kappa shape index (κ3) is 4.06. The van der Waals surface area contributed by atoms with Crippen LogP contribution in [0.4, 0.5) is 0 Å². The first kappa shape index (κ1) is 23.2. The lowest BCUT2D eigenvalue weighted by atomic mass is 9.73. The number of unbranched alkanes of at least 4 members (excludes halogenated alkanes) is 1. The van der Waals surface area contributed by atoms with Gasteiger partial charge in [-0.05, 0) is 47.2 Å². The number of hydrogen-bond acceptors (Lipinski definition) is 3. The second-order valence-electron chi connectivity index (χ2n) is 8.46. The van der Waals surface area contributed by atoms with Gasteiger partial charge >= 0.3 is 0 Å². The fraction of sp³-hybridized carbons (Fsp3) is 0.233. The zero-order valence-electron chi connectivity index (χ0n) is 19.7. The molecule has 0 aliphatic rings. The smallest absolute Gasteiger partial charge is 0.163 e. The molecule has 0 amide bonds. The minimum atomic E-state index is -0.749. The van der Waals surface area contributed by atoms with Crippen molar-refractivity contribution in [2.45, 2.75) is 45.1 Å². The lowest BCUT2D eigenvalue weighted by Crippen LogP contribution is -2.38. The van der Waals surface area contributed by atoms with Crippen molar-refractivity contribution >= 4 is 5.78 Å². The van der Waals surface area contributed by atoms with E-state index in [4.69, 9.17) is 0 Å². The molecule has 170 valence electrons. The fourth-order valence-corrected chi connectivity index (χ4v) is 4.80. The topological polar surface area (TPSA) is 58.7 Å². The van der Waals surface area contributed by atoms with Crippen molar-refractivity contribution in [1.82, 2.24) is 9.55 Å². The number of carbonyl (C=O) groups is 1. The number of aryl methyl sites for hydroxylation is 1. The monoisotopic (exact) mass is 447 g/mol. The molecule has 4 heteroatoms. The average molecular weight is 448 g/mol. The quantitative estimate of drug-likeness (QED) is 0.216. The van der Waals surface area contributed by atoms with Crippen LogP contribution in [0.3, 0.4) is 0 Å². The number of nitrogens with zero attached hydrogens (tertiary/aromatic N) is 3. The molecule has 1 heterocycles. The lowest BCUT2D eigenvalue weighted by molar-refractivity contribution is 0.0987. The van der Waals surface area contributed by atoms with Gasteiger partial charge in [-0.2, -0.15) is 5.26 Å². The zero-order valence-corrected chi connectivity index (χ0v) is 19.7. The van der Waals surface area contributed by atoms with Gasteiger partial charge in [0, 0.05) is 24.4 Å². The van der Waals surface area contributed by atoms with E-state index in [1.165, 1.54) is 0 Å². The molecular formula is C30H29N3O. The van der Waals surface area contributed by atoms with Crippen molar-refractivity contribution in [3.8, 4) is 6.07 Å². The van der Waals surface area contributed by atoms with Crippen molar-refractivity contribution < 1.29 is 4.79 Å². The summed E-state index contributed by atoms with van der Waals surface area (Å²) in [7, 11) is 0.